The molecule has 166 valence electrons. The van der Waals surface area contributed by atoms with Crippen LogP contribution < -0.4 is 5.56 Å². The highest BCUT2D eigenvalue weighted by Crippen LogP contribution is 2.30. The van der Waals surface area contributed by atoms with Crippen LogP contribution in [0.15, 0.2) is 34.1 Å². The van der Waals surface area contributed by atoms with Crippen molar-refractivity contribution in [2.75, 3.05) is 33.8 Å². The van der Waals surface area contributed by atoms with Gasteiger partial charge in [0.25, 0.3) is 5.56 Å². The van der Waals surface area contributed by atoms with E-state index in [4.69, 9.17) is 4.74 Å². The van der Waals surface area contributed by atoms with Crippen LogP contribution in [0.3, 0.4) is 0 Å². The van der Waals surface area contributed by atoms with Crippen LogP contribution in [0.4, 0.5) is 0 Å². The second kappa shape index (κ2) is 8.10. The average Bonchev–Trinajstić information content (AvgIpc) is 3.40. The molecule has 3 heterocycles. The van der Waals surface area contributed by atoms with E-state index in [1.54, 1.807) is 6.07 Å². The van der Waals surface area contributed by atoms with Gasteiger partial charge in [-0.15, -0.1) is 0 Å². The van der Waals surface area contributed by atoms with Crippen LogP contribution in [0.1, 0.15) is 30.1 Å². The molecule has 0 bridgehead atoms. The van der Waals surface area contributed by atoms with Gasteiger partial charge in [-0.05, 0) is 45.1 Å². The topological polar surface area (TPSA) is 116 Å². The number of H-pyrrole nitrogens is 2. The fourth-order valence-electron chi connectivity index (χ4n) is 4.00. The summed E-state index contributed by atoms with van der Waals surface area (Å²) in [4.78, 5) is 32.7. The summed E-state index contributed by atoms with van der Waals surface area (Å²) in [6.45, 7) is 3.02. The molecule has 0 amide bonds. The van der Waals surface area contributed by atoms with Crippen LogP contribution in [-0.4, -0.2) is 73.4 Å². The minimum atomic E-state index is -3.72. The molecule has 1 unspecified atom stereocenters. The lowest BCUT2D eigenvalue weighted by Gasteiger charge is -2.20. The maximum Gasteiger partial charge on any atom is 0.340 e. The molecule has 1 saturated heterocycles. The first kappa shape index (κ1) is 21.5. The molecule has 2 N–H and O–H groups in total. The number of ether oxygens (including phenoxy) is 1. The molecule has 0 radical (unpaired) electrons. The molecular weight excluding hydrogens is 420 g/mol. The van der Waals surface area contributed by atoms with Gasteiger partial charge in [0.15, 0.2) is 0 Å². The maximum atomic E-state index is 13.3. The van der Waals surface area contributed by atoms with Crippen molar-refractivity contribution >= 4 is 37.8 Å². The van der Waals surface area contributed by atoms with Crippen LogP contribution in [-0.2, 0) is 14.8 Å². The van der Waals surface area contributed by atoms with E-state index >= 15 is 0 Å². The number of hydrogen-bond acceptors (Lipinski definition) is 6. The number of esters is 1. The van der Waals surface area contributed by atoms with E-state index in [0.29, 0.717) is 35.8 Å². The number of nitrogens with one attached hydrogen (secondary N) is 2. The quantitative estimate of drug-likeness (QED) is 0.559. The number of pyridine rings is 1. The number of sulfonamides is 1. The van der Waals surface area contributed by atoms with Crippen molar-refractivity contribution in [3.63, 3.8) is 0 Å². The molecule has 1 aliphatic rings. The fraction of sp³-hybridized carbons (Fsp3) is 0.429. The van der Waals surface area contributed by atoms with Gasteiger partial charge in [-0.3, -0.25) is 4.79 Å². The Bertz CT molecular complexity index is 1310. The minimum absolute atomic E-state index is 0.127. The highest BCUT2D eigenvalue weighted by Gasteiger charge is 2.33. The van der Waals surface area contributed by atoms with Crippen molar-refractivity contribution in [2.24, 2.45) is 0 Å². The standard InChI is InChI=1S/C21H26N4O5S/c1-4-9-30-21(27)16-11-22-19-18(16)15-10-14(5-6-17(15)23-20(19)26)31(28,29)25-8-7-13(12-25)24(2)3/h5-6,10-11,13,22H,4,7-9,12H2,1-3H3,(H,23,26). The van der Waals surface area contributed by atoms with Crippen LogP contribution in [0.2, 0.25) is 0 Å². The molecule has 0 spiro atoms. The Hall–Kier alpha value is -2.69. The third kappa shape index (κ3) is 3.75. The second-order valence-electron chi connectivity index (χ2n) is 8.02. The van der Waals surface area contributed by atoms with E-state index in [2.05, 4.69) is 9.97 Å². The fourth-order valence-corrected chi connectivity index (χ4v) is 5.52. The Kier molecular flexibility index (Phi) is 5.63. The number of nitrogens with zero attached hydrogens (tertiary/aromatic N) is 2. The Morgan fingerprint density at radius 1 is 1.32 bits per heavy atom. The summed E-state index contributed by atoms with van der Waals surface area (Å²) in [7, 11) is 0.161. The number of benzene rings is 1. The summed E-state index contributed by atoms with van der Waals surface area (Å²) in [6.07, 6.45) is 2.87. The second-order valence-corrected chi connectivity index (χ2v) is 9.96. The molecule has 10 heteroatoms. The summed E-state index contributed by atoms with van der Waals surface area (Å²) >= 11 is 0. The summed E-state index contributed by atoms with van der Waals surface area (Å²) < 4.78 is 33.3. The van der Waals surface area contributed by atoms with Gasteiger partial charge in [0.2, 0.25) is 10.0 Å². The summed E-state index contributed by atoms with van der Waals surface area (Å²) in [6, 6.07) is 4.75. The average molecular weight is 447 g/mol. The number of carbonyl (C=O) groups excluding carboxylic acids is 1. The number of aromatic amines is 2. The molecular formula is C21H26N4O5S. The molecule has 2 aromatic heterocycles. The van der Waals surface area contributed by atoms with Crippen LogP contribution in [0.25, 0.3) is 21.8 Å². The van der Waals surface area contributed by atoms with E-state index < -0.39 is 16.0 Å². The smallest absolute Gasteiger partial charge is 0.340 e. The van der Waals surface area contributed by atoms with Gasteiger partial charge >= 0.3 is 5.97 Å². The predicted octanol–water partition coefficient (Wildman–Crippen LogP) is 1.90. The van der Waals surface area contributed by atoms with Crippen molar-refractivity contribution in [3.8, 4) is 0 Å². The van der Waals surface area contributed by atoms with E-state index in [-0.39, 0.29) is 34.2 Å². The first-order valence-electron chi connectivity index (χ1n) is 10.2. The summed E-state index contributed by atoms with van der Waals surface area (Å²) in [5.74, 6) is -0.554. The molecule has 0 aliphatic carbocycles. The third-order valence-electron chi connectivity index (χ3n) is 5.77. The molecule has 31 heavy (non-hydrogen) atoms. The maximum absolute atomic E-state index is 13.3. The highest BCUT2D eigenvalue weighted by molar-refractivity contribution is 7.89. The Labute approximate surface area is 180 Å². The Balaban J connectivity index is 1.84. The first-order chi connectivity index (χ1) is 14.7. The number of hydrogen-bond donors (Lipinski definition) is 2. The van der Waals surface area contributed by atoms with Crippen molar-refractivity contribution < 1.29 is 17.9 Å². The zero-order valence-corrected chi connectivity index (χ0v) is 18.6. The Morgan fingerprint density at radius 2 is 2.10 bits per heavy atom. The molecule has 1 aromatic carbocycles. The molecule has 1 fully saturated rings. The van der Waals surface area contributed by atoms with Crippen molar-refractivity contribution in [1.29, 1.82) is 0 Å². The van der Waals surface area contributed by atoms with Crippen molar-refractivity contribution in [1.82, 2.24) is 19.2 Å². The minimum Gasteiger partial charge on any atom is -0.462 e. The SMILES string of the molecule is CCCOC(=O)c1c[nH]c2c(=O)[nH]c3ccc(S(=O)(=O)N4CCC(N(C)C)C4)cc3c12. The number of carbonyl (C=O) groups is 1. The molecule has 9 nitrogen and oxygen atoms in total. The molecule has 3 aromatic rings. The number of likely N-dealkylation sites (N-methyl/N-ethyl adjacent to an activating group) is 1. The van der Waals surface area contributed by atoms with E-state index in [9.17, 15) is 18.0 Å². The third-order valence-corrected chi connectivity index (χ3v) is 7.63. The van der Waals surface area contributed by atoms with Gasteiger partial charge in [0.1, 0.15) is 5.52 Å². The Morgan fingerprint density at radius 3 is 2.77 bits per heavy atom. The van der Waals surface area contributed by atoms with Crippen LogP contribution in [0.5, 0.6) is 0 Å². The zero-order valence-electron chi connectivity index (χ0n) is 17.8. The normalized spacial score (nSPS) is 17.7. The molecule has 4 rings (SSSR count). The molecule has 1 atom stereocenters. The number of fused-ring (bicyclic) bond motifs is 3. The van der Waals surface area contributed by atoms with Gasteiger partial charge in [0, 0.05) is 41.6 Å². The largest absolute Gasteiger partial charge is 0.462 e. The van der Waals surface area contributed by atoms with Crippen molar-refractivity contribution in [2.45, 2.75) is 30.7 Å². The number of rotatable bonds is 6. The summed E-state index contributed by atoms with van der Waals surface area (Å²) in [5, 5.41) is 0.841. The molecule has 1 aliphatic heterocycles. The van der Waals surface area contributed by atoms with Gasteiger partial charge in [-0.25, -0.2) is 13.2 Å². The lowest BCUT2D eigenvalue weighted by Crippen LogP contribution is -2.34. The van der Waals surface area contributed by atoms with Gasteiger partial charge in [-0.1, -0.05) is 6.92 Å². The molecule has 0 saturated carbocycles. The lowest BCUT2D eigenvalue weighted by atomic mass is 10.1. The predicted molar refractivity (Wildman–Crippen MR) is 118 cm³/mol. The van der Waals surface area contributed by atoms with Gasteiger partial charge in [0.05, 0.1) is 17.1 Å². The van der Waals surface area contributed by atoms with Crippen LogP contribution in [0, 0.1) is 0 Å². The zero-order chi connectivity index (χ0) is 22.3. The highest BCUT2D eigenvalue weighted by atomic mass is 32.2. The van der Waals surface area contributed by atoms with Crippen molar-refractivity contribution in [3.05, 3.63) is 40.3 Å². The first-order valence-corrected chi connectivity index (χ1v) is 11.7. The lowest BCUT2D eigenvalue weighted by molar-refractivity contribution is 0.0507. The van der Waals surface area contributed by atoms with Gasteiger partial charge in [-0.2, -0.15) is 4.31 Å². The summed E-state index contributed by atoms with van der Waals surface area (Å²) in [5.41, 5.74) is 0.483. The van der Waals surface area contributed by atoms with E-state index in [0.717, 1.165) is 6.42 Å². The van der Waals surface area contributed by atoms with E-state index in [1.165, 1.54) is 22.6 Å². The van der Waals surface area contributed by atoms with E-state index in [1.807, 2.05) is 25.9 Å². The monoisotopic (exact) mass is 446 g/mol. The number of aromatic nitrogens is 2. The van der Waals surface area contributed by atoms with Gasteiger partial charge < -0.3 is 19.6 Å². The van der Waals surface area contributed by atoms with Crippen LogP contribution >= 0.6 is 0 Å².